The highest BCUT2D eigenvalue weighted by Crippen LogP contribution is 2.16. The van der Waals surface area contributed by atoms with Gasteiger partial charge in [-0.25, -0.2) is 0 Å². The number of amides is 1. The topological polar surface area (TPSA) is 51.3 Å². The van der Waals surface area contributed by atoms with E-state index in [0.29, 0.717) is 12.1 Å². The van der Waals surface area contributed by atoms with Gasteiger partial charge >= 0.3 is 0 Å². The number of hydrogen-bond donors (Lipinski definition) is 0. The fraction of sp³-hybridized carbons (Fsp3) is 0.467. The van der Waals surface area contributed by atoms with Crippen molar-refractivity contribution in [2.75, 3.05) is 7.05 Å². The second-order valence-electron chi connectivity index (χ2n) is 6.01. The highest BCUT2D eigenvalue weighted by atomic mass is 16.3. The van der Waals surface area contributed by atoms with Gasteiger partial charge in [-0.2, -0.15) is 5.10 Å². The molecule has 5 nitrogen and oxygen atoms in total. The van der Waals surface area contributed by atoms with Crippen molar-refractivity contribution >= 4 is 5.91 Å². The average Bonchev–Trinajstić information content (AvgIpc) is 2.97. The molecule has 1 amide bonds. The lowest BCUT2D eigenvalue weighted by Crippen LogP contribution is -2.26. The first-order chi connectivity index (χ1) is 9.29. The summed E-state index contributed by atoms with van der Waals surface area (Å²) in [5.74, 6) is 0.802. The van der Waals surface area contributed by atoms with E-state index in [-0.39, 0.29) is 11.4 Å². The summed E-state index contributed by atoms with van der Waals surface area (Å²) in [4.78, 5) is 14.0. The van der Waals surface area contributed by atoms with Crippen molar-refractivity contribution in [1.82, 2.24) is 14.7 Å². The number of nitrogens with zero attached hydrogens (tertiary/aromatic N) is 3. The molecular formula is C15H21N3O2. The first kappa shape index (κ1) is 14.4. The van der Waals surface area contributed by atoms with Gasteiger partial charge in [0.15, 0.2) is 0 Å². The van der Waals surface area contributed by atoms with Crippen molar-refractivity contribution in [3.05, 3.63) is 41.6 Å². The third kappa shape index (κ3) is 2.92. The minimum Gasteiger partial charge on any atom is -0.469 e. The Bertz CT molecular complexity index is 605. The van der Waals surface area contributed by atoms with Crippen molar-refractivity contribution in [1.29, 1.82) is 0 Å². The molecule has 0 spiro atoms. The minimum atomic E-state index is -0.127. The van der Waals surface area contributed by atoms with E-state index in [2.05, 4.69) is 5.10 Å². The molecule has 0 bridgehead atoms. The van der Waals surface area contributed by atoms with E-state index >= 15 is 0 Å². The molecule has 2 rings (SSSR count). The van der Waals surface area contributed by atoms with Crippen molar-refractivity contribution in [2.45, 2.75) is 39.8 Å². The lowest BCUT2D eigenvalue weighted by atomic mass is 10.1. The second-order valence-corrected chi connectivity index (χ2v) is 6.01. The molecule has 0 aromatic carbocycles. The molecule has 20 heavy (non-hydrogen) atoms. The number of aryl methyl sites for hydroxylation is 1. The van der Waals surface area contributed by atoms with Crippen LogP contribution in [0, 0.1) is 6.92 Å². The highest BCUT2D eigenvalue weighted by Gasteiger charge is 2.19. The zero-order chi connectivity index (χ0) is 14.9. The Balaban J connectivity index is 2.11. The molecule has 0 saturated carbocycles. The zero-order valence-corrected chi connectivity index (χ0v) is 12.7. The van der Waals surface area contributed by atoms with Gasteiger partial charge in [-0.3, -0.25) is 9.48 Å². The van der Waals surface area contributed by atoms with Crippen LogP contribution in [0.2, 0.25) is 0 Å². The van der Waals surface area contributed by atoms with Crippen LogP contribution in [0.1, 0.15) is 42.5 Å². The van der Waals surface area contributed by atoms with Gasteiger partial charge in [0.25, 0.3) is 5.91 Å². The molecule has 0 unspecified atom stereocenters. The molecule has 2 heterocycles. The molecule has 0 aliphatic carbocycles. The Morgan fingerprint density at radius 1 is 1.45 bits per heavy atom. The van der Waals surface area contributed by atoms with Gasteiger partial charge in [0.1, 0.15) is 5.76 Å². The zero-order valence-electron chi connectivity index (χ0n) is 12.7. The Labute approximate surface area is 119 Å². The predicted octanol–water partition coefficient (Wildman–Crippen LogP) is 2.81. The molecule has 0 radical (unpaired) electrons. The molecule has 0 fully saturated rings. The summed E-state index contributed by atoms with van der Waals surface area (Å²) < 4.78 is 7.05. The number of rotatable bonds is 3. The van der Waals surface area contributed by atoms with Crippen molar-refractivity contribution in [2.24, 2.45) is 0 Å². The van der Waals surface area contributed by atoms with Gasteiger partial charge in [0.2, 0.25) is 0 Å². The van der Waals surface area contributed by atoms with Gasteiger partial charge in [0.05, 0.1) is 23.6 Å². The van der Waals surface area contributed by atoms with Gasteiger partial charge in [-0.1, -0.05) is 0 Å². The molecular weight excluding hydrogens is 254 g/mol. The van der Waals surface area contributed by atoms with E-state index in [4.69, 9.17) is 4.42 Å². The first-order valence-corrected chi connectivity index (χ1v) is 6.62. The molecule has 0 N–H and O–H groups in total. The quantitative estimate of drug-likeness (QED) is 0.865. The lowest BCUT2D eigenvalue weighted by molar-refractivity contribution is 0.0784. The van der Waals surface area contributed by atoms with Crippen LogP contribution in [-0.4, -0.2) is 27.6 Å². The van der Waals surface area contributed by atoms with Gasteiger partial charge < -0.3 is 9.32 Å². The van der Waals surface area contributed by atoms with Crippen LogP contribution in [-0.2, 0) is 12.1 Å². The summed E-state index contributed by atoms with van der Waals surface area (Å²) in [6, 6.07) is 1.89. The Hall–Kier alpha value is -2.04. The van der Waals surface area contributed by atoms with Crippen LogP contribution in [0.3, 0.4) is 0 Å². The van der Waals surface area contributed by atoms with Crippen LogP contribution >= 0.6 is 0 Å². The second kappa shape index (κ2) is 5.15. The maximum atomic E-state index is 12.4. The maximum absolute atomic E-state index is 12.4. The minimum absolute atomic E-state index is 0.0406. The SMILES string of the molecule is Cc1occc1CN(C)C(=O)c1cnn(C(C)(C)C)c1. The summed E-state index contributed by atoms with van der Waals surface area (Å²) in [6.45, 7) is 8.57. The van der Waals surface area contributed by atoms with Gasteiger partial charge in [-0.15, -0.1) is 0 Å². The van der Waals surface area contributed by atoms with E-state index in [0.717, 1.165) is 11.3 Å². The smallest absolute Gasteiger partial charge is 0.257 e. The first-order valence-electron chi connectivity index (χ1n) is 6.62. The summed E-state index contributed by atoms with van der Waals surface area (Å²) >= 11 is 0. The van der Waals surface area contributed by atoms with E-state index in [1.807, 2.05) is 33.8 Å². The average molecular weight is 275 g/mol. The molecule has 0 aliphatic rings. The Kier molecular flexibility index (Phi) is 3.70. The number of carbonyl (C=O) groups is 1. The van der Waals surface area contributed by atoms with E-state index < -0.39 is 0 Å². The third-order valence-electron chi connectivity index (χ3n) is 3.24. The predicted molar refractivity (Wildman–Crippen MR) is 76.5 cm³/mol. The molecule has 2 aromatic rings. The third-order valence-corrected chi connectivity index (χ3v) is 3.24. The van der Waals surface area contributed by atoms with E-state index in [9.17, 15) is 4.79 Å². The Morgan fingerprint density at radius 3 is 2.65 bits per heavy atom. The largest absolute Gasteiger partial charge is 0.469 e. The summed E-state index contributed by atoms with van der Waals surface area (Å²) in [7, 11) is 1.78. The molecule has 0 atom stereocenters. The number of carbonyl (C=O) groups excluding carboxylic acids is 1. The maximum Gasteiger partial charge on any atom is 0.257 e. The van der Waals surface area contributed by atoms with Crippen LogP contribution in [0.4, 0.5) is 0 Å². The van der Waals surface area contributed by atoms with Gasteiger partial charge in [0, 0.05) is 25.4 Å². The van der Waals surface area contributed by atoms with Crippen LogP contribution in [0.5, 0.6) is 0 Å². The van der Waals surface area contributed by atoms with Crippen molar-refractivity contribution < 1.29 is 9.21 Å². The normalized spacial score (nSPS) is 11.7. The van der Waals surface area contributed by atoms with Crippen LogP contribution in [0.15, 0.2) is 29.1 Å². The molecule has 0 aliphatic heterocycles. The fourth-order valence-electron chi connectivity index (χ4n) is 1.92. The summed E-state index contributed by atoms with van der Waals surface area (Å²) in [5.41, 5.74) is 1.49. The van der Waals surface area contributed by atoms with Crippen LogP contribution in [0.25, 0.3) is 0 Å². The van der Waals surface area contributed by atoms with Gasteiger partial charge in [-0.05, 0) is 33.8 Å². The van der Waals surface area contributed by atoms with E-state index in [1.165, 1.54) is 0 Å². The number of aromatic nitrogens is 2. The fourth-order valence-corrected chi connectivity index (χ4v) is 1.92. The van der Waals surface area contributed by atoms with E-state index in [1.54, 1.807) is 35.3 Å². The highest BCUT2D eigenvalue weighted by molar-refractivity contribution is 5.93. The standard InChI is InChI=1S/C15H21N3O2/c1-11-12(6-7-20-11)9-17(5)14(19)13-8-16-18(10-13)15(2,3)4/h6-8,10H,9H2,1-5H3. The molecule has 108 valence electrons. The summed E-state index contributed by atoms with van der Waals surface area (Å²) in [6.07, 6.45) is 5.05. The van der Waals surface area contributed by atoms with Crippen molar-refractivity contribution in [3.8, 4) is 0 Å². The molecule has 2 aromatic heterocycles. The van der Waals surface area contributed by atoms with Crippen LogP contribution < -0.4 is 0 Å². The monoisotopic (exact) mass is 275 g/mol. The lowest BCUT2D eigenvalue weighted by Gasteiger charge is -2.19. The Morgan fingerprint density at radius 2 is 2.15 bits per heavy atom. The molecule has 0 saturated heterocycles. The van der Waals surface area contributed by atoms with Crippen molar-refractivity contribution in [3.63, 3.8) is 0 Å². The molecule has 5 heteroatoms. The number of hydrogen-bond acceptors (Lipinski definition) is 3. The number of furan rings is 1. The summed E-state index contributed by atoms with van der Waals surface area (Å²) in [5, 5.41) is 4.26.